The number of benzene rings is 1. The Morgan fingerprint density at radius 2 is 2.12 bits per heavy atom. The number of anilines is 1. The van der Waals surface area contributed by atoms with Gasteiger partial charge in [-0.05, 0) is 38.3 Å². The van der Waals surface area contributed by atoms with Gasteiger partial charge in [-0.25, -0.2) is 0 Å². The number of nitrogens with two attached hydrogens (primary N) is 1. The van der Waals surface area contributed by atoms with Crippen LogP contribution in [0.3, 0.4) is 0 Å². The van der Waals surface area contributed by atoms with Crippen molar-refractivity contribution >= 4 is 11.6 Å². The maximum atomic E-state index is 12.7. The van der Waals surface area contributed by atoms with E-state index in [1.165, 1.54) is 0 Å². The first kappa shape index (κ1) is 17.1. The molecule has 1 aromatic carbocycles. The highest BCUT2D eigenvalue weighted by Crippen LogP contribution is 2.33. The highest BCUT2D eigenvalue weighted by molar-refractivity contribution is 5.80. The van der Waals surface area contributed by atoms with Crippen molar-refractivity contribution in [3.63, 3.8) is 0 Å². The van der Waals surface area contributed by atoms with Crippen molar-refractivity contribution in [1.82, 2.24) is 5.32 Å². The highest BCUT2D eigenvalue weighted by atomic mass is 16.5. The summed E-state index contributed by atoms with van der Waals surface area (Å²) in [5, 5.41) is 3.24. The smallest absolute Gasteiger partial charge is 0.225 e. The third-order valence-electron chi connectivity index (χ3n) is 5.53. The molecule has 0 radical (unpaired) electrons. The molecule has 0 spiro atoms. The van der Waals surface area contributed by atoms with Gasteiger partial charge in [-0.1, -0.05) is 25.0 Å². The molecule has 3 unspecified atom stereocenters. The second-order valence-electron chi connectivity index (χ2n) is 7.42. The molecule has 1 saturated heterocycles. The molecular weight excluding hydrogens is 302 g/mol. The summed E-state index contributed by atoms with van der Waals surface area (Å²) in [6.45, 7) is 3.77. The minimum Gasteiger partial charge on any atom is -0.495 e. The van der Waals surface area contributed by atoms with Crippen molar-refractivity contribution in [1.29, 1.82) is 0 Å². The normalized spacial score (nSPS) is 30.2. The molecule has 24 heavy (non-hydrogen) atoms. The fourth-order valence-corrected chi connectivity index (χ4v) is 4.08. The van der Waals surface area contributed by atoms with Crippen LogP contribution >= 0.6 is 0 Å². The Kier molecular flexibility index (Phi) is 4.99. The average Bonchev–Trinajstić information content (AvgIpc) is 3.02. The highest BCUT2D eigenvalue weighted by Gasteiger charge is 2.39. The van der Waals surface area contributed by atoms with Crippen LogP contribution in [0, 0.1) is 5.92 Å². The van der Waals surface area contributed by atoms with Crippen molar-refractivity contribution in [2.45, 2.75) is 50.6 Å². The van der Waals surface area contributed by atoms with Crippen LogP contribution in [0.25, 0.3) is 0 Å². The molecule has 2 fully saturated rings. The van der Waals surface area contributed by atoms with Crippen molar-refractivity contribution in [2.24, 2.45) is 11.7 Å². The largest absolute Gasteiger partial charge is 0.495 e. The first-order valence-electron chi connectivity index (χ1n) is 8.98. The fraction of sp³-hybridized carbons (Fsp3) is 0.632. The topological polar surface area (TPSA) is 67.6 Å². The van der Waals surface area contributed by atoms with E-state index in [1.54, 1.807) is 7.11 Å². The van der Waals surface area contributed by atoms with E-state index in [4.69, 9.17) is 10.5 Å². The number of methoxy groups -OCH3 is 1. The Hall–Kier alpha value is -1.75. The molecule has 1 amide bonds. The Labute approximate surface area is 144 Å². The Bertz CT molecular complexity index is 588. The number of hydrogen-bond acceptors (Lipinski definition) is 4. The van der Waals surface area contributed by atoms with Crippen LogP contribution in [-0.4, -0.2) is 37.7 Å². The zero-order chi connectivity index (χ0) is 17.2. The van der Waals surface area contributed by atoms with Gasteiger partial charge in [0.25, 0.3) is 0 Å². The summed E-state index contributed by atoms with van der Waals surface area (Å²) in [7, 11) is 1.69. The van der Waals surface area contributed by atoms with Crippen LogP contribution < -0.4 is 20.7 Å². The summed E-state index contributed by atoms with van der Waals surface area (Å²) in [5.74, 6) is 0.949. The number of nitrogens with one attached hydrogen (secondary N) is 1. The number of nitrogens with zero attached hydrogens (tertiary/aromatic N) is 1. The third kappa shape index (κ3) is 3.51. The average molecular weight is 331 g/mol. The minimum atomic E-state index is -0.372. The second kappa shape index (κ2) is 7.01. The van der Waals surface area contributed by atoms with Gasteiger partial charge in [-0.15, -0.1) is 0 Å². The Balaban J connectivity index is 1.61. The molecule has 5 nitrogen and oxygen atoms in total. The lowest BCUT2D eigenvalue weighted by Crippen LogP contribution is -2.54. The van der Waals surface area contributed by atoms with E-state index in [1.807, 2.05) is 25.1 Å². The molecule has 0 aromatic heterocycles. The summed E-state index contributed by atoms with van der Waals surface area (Å²) >= 11 is 0. The Morgan fingerprint density at radius 1 is 1.33 bits per heavy atom. The van der Waals surface area contributed by atoms with Crippen molar-refractivity contribution in [3.8, 4) is 5.75 Å². The first-order valence-corrected chi connectivity index (χ1v) is 8.98. The molecule has 1 aliphatic carbocycles. The van der Waals surface area contributed by atoms with Crippen LogP contribution in [0.4, 0.5) is 5.69 Å². The van der Waals surface area contributed by atoms with Gasteiger partial charge in [0, 0.05) is 24.7 Å². The van der Waals surface area contributed by atoms with Gasteiger partial charge in [-0.2, -0.15) is 0 Å². The van der Waals surface area contributed by atoms with Crippen molar-refractivity contribution < 1.29 is 9.53 Å². The molecular formula is C19H29N3O2. The summed E-state index contributed by atoms with van der Waals surface area (Å²) < 4.78 is 5.45. The van der Waals surface area contributed by atoms with E-state index in [0.717, 1.165) is 56.6 Å². The van der Waals surface area contributed by atoms with Crippen LogP contribution in [0.15, 0.2) is 24.3 Å². The van der Waals surface area contributed by atoms with E-state index < -0.39 is 0 Å². The van der Waals surface area contributed by atoms with E-state index in [0.29, 0.717) is 0 Å². The first-order chi connectivity index (χ1) is 11.5. The van der Waals surface area contributed by atoms with E-state index in [9.17, 15) is 4.79 Å². The fourth-order valence-electron chi connectivity index (χ4n) is 4.08. The SMILES string of the molecule is COc1ccccc1N1CCC(NC(=O)C2CCCCC2(C)N)C1. The Morgan fingerprint density at radius 3 is 2.88 bits per heavy atom. The van der Waals surface area contributed by atoms with Gasteiger partial charge in [0.15, 0.2) is 0 Å². The maximum Gasteiger partial charge on any atom is 0.225 e. The molecule has 1 saturated carbocycles. The van der Waals surface area contributed by atoms with Crippen molar-refractivity contribution in [2.75, 3.05) is 25.1 Å². The number of amides is 1. The summed E-state index contributed by atoms with van der Waals surface area (Å²) in [5.41, 5.74) is 7.09. The molecule has 1 heterocycles. The predicted molar refractivity (Wildman–Crippen MR) is 96.3 cm³/mol. The number of carbonyl (C=O) groups excluding carboxylic acids is 1. The number of para-hydroxylation sites is 2. The maximum absolute atomic E-state index is 12.7. The monoisotopic (exact) mass is 331 g/mol. The molecule has 3 rings (SSSR count). The quantitative estimate of drug-likeness (QED) is 0.888. The third-order valence-corrected chi connectivity index (χ3v) is 5.53. The number of carbonyl (C=O) groups is 1. The lowest BCUT2D eigenvalue weighted by molar-refractivity contribution is -0.128. The van der Waals surface area contributed by atoms with Gasteiger partial charge < -0.3 is 20.7 Å². The molecule has 3 N–H and O–H groups in total. The molecule has 2 aliphatic rings. The lowest BCUT2D eigenvalue weighted by Gasteiger charge is -2.37. The molecule has 1 aromatic rings. The number of ether oxygens (including phenoxy) is 1. The molecule has 132 valence electrons. The van der Waals surface area contributed by atoms with Crippen LogP contribution in [0.5, 0.6) is 5.75 Å². The van der Waals surface area contributed by atoms with Gasteiger partial charge in [0.05, 0.1) is 18.7 Å². The van der Waals surface area contributed by atoms with E-state index in [-0.39, 0.29) is 23.4 Å². The molecule has 1 aliphatic heterocycles. The second-order valence-corrected chi connectivity index (χ2v) is 7.42. The van der Waals surface area contributed by atoms with Gasteiger partial charge in [0.2, 0.25) is 5.91 Å². The van der Waals surface area contributed by atoms with E-state index >= 15 is 0 Å². The van der Waals surface area contributed by atoms with Crippen molar-refractivity contribution in [3.05, 3.63) is 24.3 Å². The van der Waals surface area contributed by atoms with Crippen LogP contribution in [0.2, 0.25) is 0 Å². The molecule has 3 atom stereocenters. The van der Waals surface area contributed by atoms with Gasteiger partial charge in [0.1, 0.15) is 5.75 Å². The summed E-state index contributed by atoms with van der Waals surface area (Å²) in [6, 6.07) is 8.22. The molecule has 0 bridgehead atoms. The van der Waals surface area contributed by atoms with Crippen LogP contribution in [-0.2, 0) is 4.79 Å². The molecule has 5 heteroatoms. The lowest BCUT2D eigenvalue weighted by atomic mass is 9.74. The van der Waals surface area contributed by atoms with Gasteiger partial charge in [-0.3, -0.25) is 4.79 Å². The number of rotatable bonds is 4. The zero-order valence-corrected chi connectivity index (χ0v) is 14.8. The van der Waals surface area contributed by atoms with Crippen LogP contribution in [0.1, 0.15) is 39.0 Å². The van der Waals surface area contributed by atoms with Gasteiger partial charge >= 0.3 is 0 Å². The predicted octanol–water partition coefficient (Wildman–Crippen LogP) is 2.30. The standard InChI is InChI=1S/C19H29N3O2/c1-19(20)11-6-5-7-15(19)18(23)21-14-10-12-22(13-14)16-8-3-4-9-17(16)24-2/h3-4,8-9,14-15H,5-7,10-13,20H2,1-2H3,(H,21,23). The van der Waals surface area contributed by atoms with E-state index in [2.05, 4.69) is 16.3 Å². The summed E-state index contributed by atoms with van der Waals surface area (Å²) in [4.78, 5) is 15.0. The zero-order valence-electron chi connectivity index (χ0n) is 14.8. The number of hydrogen-bond donors (Lipinski definition) is 2. The minimum absolute atomic E-state index is 0.0634. The summed E-state index contributed by atoms with van der Waals surface area (Å²) in [6.07, 6.45) is 5.02.